The van der Waals surface area contributed by atoms with E-state index >= 15 is 0 Å². The minimum absolute atomic E-state index is 0.0115. The molecule has 2 unspecified atom stereocenters. The van der Waals surface area contributed by atoms with E-state index in [1.54, 1.807) is 16.8 Å². The van der Waals surface area contributed by atoms with Crippen LogP contribution in [0, 0.1) is 0 Å². The van der Waals surface area contributed by atoms with E-state index in [9.17, 15) is 24.3 Å². The number of hydrogen-bond acceptors (Lipinski definition) is 13. The Kier molecular flexibility index (Phi) is 9.38. The largest absolute Gasteiger partial charge is 0.478 e. The zero-order chi connectivity index (χ0) is 33.4. The maximum atomic E-state index is 13.4. The lowest BCUT2D eigenvalue weighted by Crippen LogP contribution is -2.71. The van der Waals surface area contributed by atoms with Gasteiger partial charge in [0.2, 0.25) is 6.10 Å². The number of thioether (sulfide) groups is 1. The van der Waals surface area contributed by atoms with Gasteiger partial charge in [0.25, 0.3) is 11.8 Å². The number of hydrogen-bond donors (Lipinski definition) is 6. The molecule has 17 nitrogen and oxygen atoms in total. The van der Waals surface area contributed by atoms with Crippen LogP contribution in [0.5, 0.6) is 0 Å². The van der Waals surface area contributed by atoms with Gasteiger partial charge in [0.05, 0.1) is 6.20 Å². The molecule has 5 rings (SSSR count). The van der Waals surface area contributed by atoms with Crippen LogP contribution in [0.1, 0.15) is 26.0 Å². The second kappa shape index (κ2) is 13.1. The number of rotatable bonds is 12. The van der Waals surface area contributed by atoms with E-state index in [1.807, 2.05) is 17.6 Å². The van der Waals surface area contributed by atoms with Gasteiger partial charge in [-0.1, -0.05) is 28.1 Å². The average Bonchev–Trinajstić information content (AvgIpc) is 3.51. The van der Waals surface area contributed by atoms with Crippen molar-refractivity contribution in [2.75, 3.05) is 17.2 Å². The van der Waals surface area contributed by atoms with E-state index in [1.165, 1.54) is 18.7 Å². The summed E-state index contributed by atoms with van der Waals surface area (Å²) in [5, 5.41) is 24.8. The van der Waals surface area contributed by atoms with Gasteiger partial charge in [0.15, 0.2) is 10.8 Å². The number of β-lactam (4-membered cyclic amide) rings is 1. The summed E-state index contributed by atoms with van der Waals surface area (Å²) in [6, 6.07) is 2.48. The maximum absolute atomic E-state index is 13.4. The Labute approximate surface area is 274 Å². The normalized spacial score (nSPS) is 19.4. The highest BCUT2D eigenvalue weighted by Gasteiger charge is 2.54. The number of carboxylic acid groups (broad SMARTS) is 2. The monoisotopic (exact) mass is 693 g/mol. The molecule has 4 atom stereocenters. The summed E-state index contributed by atoms with van der Waals surface area (Å²) in [6.45, 7) is 3.76. The van der Waals surface area contributed by atoms with E-state index in [0.29, 0.717) is 30.1 Å². The van der Waals surface area contributed by atoms with Crippen LogP contribution in [0.3, 0.4) is 0 Å². The summed E-state index contributed by atoms with van der Waals surface area (Å²) in [5.74, 6) is -3.75. The number of aryl methyl sites for hydroxylation is 1. The van der Waals surface area contributed by atoms with Crippen LogP contribution in [-0.2, 0) is 37.1 Å². The van der Waals surface area contributed by atoms with Gasteiger partial charge >= 0.3 is 23.5 Å². The molecule has 20 heteroatoms. The number of pyridine rings is 1. The third-order valence-electron chi connectivity index (χ3n) is 7.21. The number of aliphatic carboxylic acids is 2. The lowest BCUT2D eigenvalue weighted by molar-refractivity contribution is -0.664. The van der Waals surface area contributed by atoms with Crippen molar-refractivity contribution in [3.8, 4) is 0 Å². The number of nitrogens with one attached hydrogen (secondary N) is 1. The lowest BCUT2D eigenvalue weighted by Gasteiger charge is -2.49. The second-order valence-electron chi connectivity index (χ2n) is 10.6. The first kappa shape index (κ1) is 32.9. The molecule has 0 aromatic carbocycles. The number of amides is 2. The number of imidazole rings is 1. The van der Waals surface area contributed by atoms with Gasteiger partial charge < -0.3 is 37.6 Å². The molecule has 46 heavy (non-hydrogen) atoms. The van der Waals surface area contributed by atoms with Gasteiger partial charge in [-0.25, -0.2) is 19.1 Å². The Bertz CT molecular complexity index is 1810. The smallest absolute Gasteiger partial charge is 0.352 e. The van der Waals surface area contributed by atoms with E-state index < -0.39 is 47.0 Å². The SMILES string of the molecule is C[C@H](N)CCn1c(N)nc2c1ccc[n+]2CC1=C(C(=O)O)N2C(=O)C(NC(=O)/C(=N\O[C@@H](C)C(=O)O)c3nc(N)sc3Cl)C2SC1. The summed E-state index contributed by atoms with van der Waals surface area (Å²) in [4.78, 5) is 64.9. The third-order valence-corrected chi connectivity index (χ3v) is 9.63. The van der Waals surface area contributed by atoms with E-state index in [0.717, 1.165) is 21.8 Å². The number of oxime groups is 1. The van der Waals surface area contributed by atoms with Crippen molar-refractivity contribution in [3.63, 3.8) is 0 Å². The Morgan fingerprint density at radius 2 is 2.02 bits per heavy atom. The number of carbonyl (C=O) groups is 4. The fourth-order valence-electron chi connectivity index (χ4n) is 4.90. The summed E-state index contributed by atoms with van der Waals surface area (Å²) < 4.78 is 3.60. The van der Waals surface area contributed by atoms with E-state index in [4.69, 9.17) is 38.7 Å². The van der Waals surface area contributed by atoms with Crippen LogP contribution in [0.4, 0.5) is 11.1 Å². The Hall–Kier alpha value is -4.46. The highest BCUT2D eigenvalue weighted by Crippen LogP contribution is 2.40. The molecule has 9 N–H and O–H groups in total. The van der Waals surface area contributed by atoms with Crippen molar-refractivity contribution in [2.45, 2.75) is 56.9 Å². The van der Waals surface area contributed by atoms with Gasteiger partial charge in [0, 0.05) is 23.9 Å². The van der Waals surface area contributed by atoms with Crippen LogP contribution in [-0.4, -0.2) is 88.4 Å². The zero-order valence-electron chi connectivity index (χ0n) is 24.4. The molecule has 0 radical (unpaired) electrons. The molecule has 1 fully saturated rings. The Morgan fingerprint density at radius 3 is 2.65 bits per heavy atom. The Balaban J connectivity index is 1.39. The molecule has 2 aliphatic rings. The molecule has 0 saturated carbocycles. The highest BCUT2D eigenvalue weighted by molar-refractivity contribution is 8.00. The summed E-state index contributed by atoms with van der Waals surface area (Å²) in [5.41, 5.74) is 18.7. The third kappa shape index (κ3) is 6.30. The number of aromatic nitrogens is 4. The summed E-state index contributed by atoms with van der Waals surface area (Å²) in [7, 11) is 0. The van der Waals surface area contributed by atoms with Crippen molar-refractivity contribution in [1.82, 2.24) is 24.8 Å². The van der Waals surface area contributed by atoms with Crippen LogP contribution in [0.25, 0.3) is 11.2 Å². The van der Waals surface area contributed by atoms with Gasteiger partial charge in [0.1, 0.15) is 39.2 Å². The highest BCUT2D eigenvalue weighted by atomic mass is 35.5. The van der Waals surface area contributed by atoms with Crippen LogP contribution in [0.15, 0.2) is 34.8 Å². The Morgan fingerprint density at radius 1 is 1.28 bits per heavy atom. The van der Waals surface area contributed by atoms with Crippen LogP contribution < -0.4 is 27.1 Å². The number of halogens is 1. The fourth-order valence-corrected chi connectivity index (χ4v) is 7.17. The fraction of sp³-hybridized carbons (Fsp3) is 0.385. The molecule has 2 aliphatic heterocycles. The number of carboxylic acids is 2. The molecule has 0 bridgehead atoms. The molecule has 0 spiro atoms. The number of nitrogen functional groups attached to an aromatic ring is 2. The average molecular weight is 694 g/mol. The minimum atomic E-state index is -1.42. The first-order valence-corrected chi connectivity index (χ1v) is 16.0. The number of carbonyl (C=O) groups excluding carboxylic acids is 2. The van der Waals surface area contributed by atoms with Gasteiger partial charge in [-0.05, 0) is 37.4 Å². The first-order valence-electron chi connectivity index (χ1n) is 13.8. The molecule has 1 saturated heterocycles. The first-order chi connectivity index (χ1) is 21.8. The molecular formula is C26H30ClN10O7S2+. The van der Waals surface area contributed by atoms with Gasteiger partial charge in [-0.3, -0.25) is 19.1 Å². The number of nitrogens with two attached hydrogens (primary N) is 3. The predicted molar refractivity (Wildman–Crippen MR) is 169 cm³/mol. The van der Waals surface area contributed by atoms with Crippen molar-refractivity contribution in [1.29, 1.82) is 0 Å². The number of fused-ring (bicyclic) bond motifs is 2. The predicted octanol–water partition coefficient (Wildman–Crippen LogP) is -0.0320. The molecule has 3 aromatic heterocycles. The molecular weight excluding hydrogens is 664 g/mol. The molecule has 244 valence electrons. The topological polar surface area (TPSA) is 258 Å². The standard InChI is InChI=1S/C26H29ClN10O7S2/c1-10(28)5-7-36-13-4-3-6-35(19(13)33-25(36)29)8-12-9-45-22-16(21(39)37(22)17(12)24(42)43)31-20(38)15(34-44-11(2)23(40)41)14-18(27)46-26(30)32-14/h3-4,6,10-11,16,22,29H,5,7-9,28H2,1-2H3,(H5,30,31,32,38,40,41,42,43)/p+1/b34-15-/t10-,11-,16?,22?/m0/s1. The minimum Gasteiger partial charge on any atom is -0.478 e. The quantitative estimate of drug-likeness (QED) is 0.0631. The van der Waals surface area contributed by atoms with E-state index in [2.05, 4.69) is 20.4 Å². The molecule has 0 aliphatic carbocycles. The van der Waals surface area contributed by atoms with Gasteiger partial charge in [-0.15, -0.1) is 11.8 Å². The summed E-state index contributed by atoms with van der Waals surface area (Å²) in [6.07, 6.45) is 1.01. The molecule has 3 aromatic rings. The number of thiazole rings is 1. The van der Waals surface area contributed by atoms with Crippen LogP contribution >= 0.6 is 34.7 Å². The molecule has 5 heterocycles. The summed E-state index contributed by atoms with van der Waals surface area (Å²) >= 11 is 8.28. The lowest BCUT2D eigenvalue weighted by atomic mass is 10.0. The van der Waals surface area contributed by atoms with Crippen molar-refractivity contribution in [2.24, 2.45) is 10.9 Å². The van der Waals surface area contributed by atoms with Crippen molar-refractivity contribution in [3.05, 3.63) is 39.6 Å². The van der Waals surface area contributed by atoms with Crippen molar-refractivity contribution >= 4 is 86.4 Å². The van der Waals surface area contributed by atoms with Crippen LogP contribution in [0.2, 0.25) is 4.34 Å². The van der Waals surface area contributed by atoms with Crippen molar-refractivity contribution < 1.29 is 38.8 Å². The second-order valence-corrected chi connectivity index (χ2v) is 13.3. The molecule has 2 amide bonds. The number of nitrogens with zero attached hydrogens (tertiary/aromatic N) is 6. The number of anilines is 2. The zero-order valence-corrected chi connectivity index (χ0v) is 26.8. The van der Waals surface area contributed by atoms with Gasteiger partial charge in [-0.2, -0.15) is 0 Å². The van der Waals surface area contributed by atoms with E-state index in [-0.39, 0.29) is 39.2 Å². The maximum Gasteiger partial charge on any atom is 0.352 e.